The van der Waals surface area contributed by atoms with E-state index in [-0.39, 0.29) is 30.9 Å². The normalized spacial score (nSPS) is 12.5. The highest BCUT2D eigenvalue weighted by Crippen LogP contribution is 2.08. The number of rotatable bonds is 5. The summed E-state index contributed by atoms with van der Waals surface area (Å²) in [6, 6.07) is 1.28. The molecule has 0 bridgehead atoms. The van der Waals surface area contributed by atoms with E-state index in [0.29, 0.717) is 5.76 Å². The number of likely N-dealkylation sites (N-methyl/N-ethyl adjacent to an activating group) is 1. The Hall–Kier alpha value is -1.40. The summed E-state index contributed by atoms with van der Waals surface area (Å²) >= 11 is 0. The third-order valence-electron chi connectivity index (χ3n) is 2.31. The molecule has 0 spiro atoms. The zero-order chi connectivity index (χ0) is 12.1. The van der Waals surface area contributed by atoms with Crippen LogP contribution in [-0.2, 0) is 11.3 Å². The number of ether oxygens (including phenoxy) is 1. The van der Waals surface area contributed by atoms with Crippen molar-refractivity contribution in [1.29, 1.82) is 0 Å². The summed E-state index contributed by atoms with van der Waals surface area (Å²) in [4.78, 5) is 13.2. The van der Waals surface area contributed by atoms with Crippen molar-refractivity contribution in [1.82, 2.24) is 10.1 Å². The monoisotopic (exact) mass is 228 g/mol. The molecule has 0 aromatic carbocycles. The molecule has 0 aliphatic heterocycles. The van der Waals surface area contributed by atoms with Crippen LogP contribution < -0.4 is 0 Å². The molecule has 6 heteroatoms. The molecule has 1 heterocycles. The summed E-state index contributed by atoms with van der Waals surface area (Å²) in [7, 11) is 3.14. The van der Waals surface area contributed by atoms with Crippen LogP contribution in [0.1, 0.15) is 23.2 Å². The Morgan fingerprint density at radius 1 is 1.75 bits per heavy atom. The van der Waals surface area contributed by atoms with Gasteiger partial charge in [-0.15, -0.1) is 0 Å². The lowest BCUT2D eigenvalue weighted by atomic mass is 10.2. The molecule has 1 atom stereocenters. The highest BCUT2D eigenvalue weighted by atomic mass is 16.5. The first-order valence-corrected chi connectivity index (χ1v) is 4.92. The standard InChI is InChI=1S/C10H16N2O4/c1-7(5-13)12(2)10(14)9-4-8(6-15-3)16-11-9/h4,7,13H,5-6H2,1-3H3. The first kappa shape index (κ1) is 12.7. The summed E-state index contributed by atoms with van der Waals surface area (Å²) in [5.41, 5.74) is 0.217. The molecule has 1 unspecified atom stereocenters. The Labute approximate surface area is 93.8 Å². The molecule has 90 valence electrons. The number of aliphatic hydroxyl groups is 1. The Morgan fingerprint density at radius 3 is 3.00 bits per heavy atom. The fourth-order valence-corrected chi connectivity index (χ4v) is 1.13. The minimum atomic E-state index is -0.285. The van der Waals surface area contributed by atoms with Crippen LogP contribution in [0.2, 0.25) is 0 Å². The van der Waals surface area contributed by atoms with Gasteiger partial charge in [0.15, 0.2) is 11.5 Å². The van der Waals surface area contributed by atoms with Crippen molar-refractivity contribution in [2.45, 2.75) is 19.6 Å². The molecule has 1 aromatic heterocycles. The number of aromatic nitrogens is 1. The fourth-order valence-electron chi connectivity index (χ4n) is 1.13. The van der Waals surface area contributed by atoms with Crippen LogP contribution in [0.25, 0.3) is 0 Å². The van der Waals surface area contributed by atoms with Crippen LogP contribution in [0.4, 0.5) is 0 Å². The predicted octanol–water partition coefficient (Wildman–Crippen LogP) is 0.274. The van der Waals surface area contributed by atoms with Crippen molar-refractivity contribution in [3.63, 3.8) is 0 Å². The van der Waals surface area contributed by atoms with E-state index in [2.05, 4.69) is 5.16 Å². The van der Waals surface area contributed by atoms with Gasteiger partial charge in [0.2, 0.25) is 0 Å². The molecule has 0 radical (unpaired) electrons. The molecule has 1 N–H and O–H groups in total. The number of nitrogens with zero attached hydrogens (tertiary/aromatic N) is 2. The molecule has 0 aliphatic carbocycles. The SMILES string of the molecule is COCc1cc(C(=O)N(C)C(C)CO)no1. The smallest absolute Gasteiger partial charge is 0.276 e. The zero-order valence-corrected chi connectivity index (χ0v) is 9.64. The van der Waals surface area contributed by atoms with E-state index in [0.717, 1.165) is 0 Å². The lowest BCUT2D eigenvalue weighted by molar-refractivity contribution is 0.0671. The number of carbonyl (C=O) groups excluding carboxylic acids is 1. The maximum atomic E-state index is 11.8. The van der Waals surface area contributed by atoms with E-state index >= 15 is 0 Å². The number of methoxy groups -OCH3 is 1. The van der Waals surface area contributed by atoms with Gasteiger partial charge in [-0.05, 0) is 6.92 Å². The second-order valence-electron chi connectivity index (χ2n) is 3.56. The van der Waals surface area contributed by atoms with Gasteiger partial charge in [-0.3, -0.25) is 4.79 Å². The largest absolute Gasteiger partial charge is 0.394 e. The summed E-state index contributed by atoms with van der Waals surface area (Å²) in [5, 5.41) is 12.6. The molecule has 0 saturated carbocycles. The minimum Gasteiger partial charge on any atom is -0.394 e. The summed E-state index contributed by atoms with van der Waals surface area (Å²) in [6.07, 6.45) is 0. The lowest BCUT2D eigenvalue weighted by Gasteiger charge is -2.21. The van der Waals surface area contributed by atoms with Crippen LogP contribution in [0, 0.1) is 0 Å². The van der Waals surface area contributed by atoms with Crippen molar-refractivity contribution in [3.8, 4) is 0 Å². The van der Waals surface area contributed by atoms with Crippen LogP contribution in [0.3, 0.4) is 0 Å². The van der Waals surface area contributed by atoms with Crippen molar-refractivity contribution in [3.05, 3.63) is 17.5 Å². The van der Waals surface area contributed by atoms with E-state index in [4.69, 9.17) is 14.4 Å². The molecule has 1 rings (SSSR count). The first-order valence-electron chi connectivity index (χ1n) is 4.92. The molecule has 1 aromatic rings. The number of aliphatic hydroxyl groups excluding tert-OH is 1. The van der Waals surface area contributed by atoms with Gasteiger partial charge in [0, 0.05) is 20.2 Å². The molecule has 6 nitrogen and oxygen atoms in total. The Bertz CT molecular complexity index is 350. The van der Waals surface area contributed by atoms with E-state index < -0.39 is 0 Å². The topological polar surface area (TPSA) is 75.8 Å². The third kappa shape index (κ3) is 2.80. The predicted molar refractivity (Wildman–Crippen MR) is 55.9 cm³/mol. The number of hydrogen-bond acceptors (Lipinski definition) is 5. The average molecular weight is 228 g/mol. The van der Waals surface area contributed by atoms with Crippen molar-refractivity contribution < 1.29 is 19.2 Å². The van der Waals surface area contributed by atoms with E-state index in [1.165, 1.54) is 18.1 Å². The molecule has 0 saturated heterocycles. The van der Waals surface area contributed by atoms with Gasteiger partial charge in [-0.1, -0.05) is 5.16 Å². The van der Waals surface area contributed by atoms with Gasteiger partial charge in [-0.25, -0.2) is 0 Å². The number of carbonyl (C=O) groups is 1. The van der Waals surface area contributed by atoms with Crippen molar-refractivity contribution in [2.24, 2.45) is 0 Å². The van der Waals surface area contributed by atoms with Gasteiger partial charge in [0.25, 0.3) is 5.91 Å². The van der Waals surface area contributed by atoms with Gasteiger partial charge in [-0.2, -0.15) is 0 Å². The molecular formula is C10H16N2O4. The van der Waals surface area contributed by atoms with Gasteiger partial charge in [0.05, 0.1) is 12.6 Å². The van der Waals surface area contributed by atoms with E-state index in [9.17, 15) is 4.79 Å². The quantitative estimate of drug-likeness (QED) is 0.783. The van der Waals surface area contributed by atoms with Crippen LogP contribution in [0.15, 0.2) is 10.6 Å². The molecule has 1 amide bonds. The van der Waals surface area contributed by atoms with E-state index in [1.54, 1.807) is 14.0 Å². The average Bonchev–Trinajstić information content (AvgIpc) is 2.75. The Balaban J connectivity index is 2.72. The maximum Gasteiger partial charge on any atom is 0.276 e. The number of hydrogen-bond donors (Lipinski definition) is 1. The van der Waals surface area contributed by atoms with Gasteiger partial charge < -0.3 is 19.3 Å². The van der Waals surface area contributed by atoms with Crippen LogP contribution >= 0.6 is 0 Å². The fraction of sp³-hybridized carbons (Fsp3) is 0.600. The Morgan fingerprint density at radius 2 is 2.44 bits per heavy atom. The second-order valence-corrected chi connectivity index (χ2v) is 3.56. The highest BCUT2D eigenvalue weighted by molar-refractivity contribution is 5.92. The Kier molecular flexibility index (Phi) is 4.45. The van der Waals surface area contributed by atoms with Crippen molar-refractivity contribution >= 4 is 5.91 Å². The zero-order valence-electron chi connectivity index (χ0n) is 9.64. The van der Waals surface area contributed by atoms with Gasteiger partial charge in [0.1, 0.15) is 6.61 Å². The maximum absolute atomic E-state index is 11.8. The lowest BCUT2D eigenvalue weighted by Crippen LogP contribution is -2.37. The summed E-state index contributed by atoms with van der Waals surface area (Å²) in [5.74, 6) is 0.212. The van der Waals surface area contributed by atoms with Gasteiger partial charge >= 0.3 is 0 Å². The first-order chi connectivity index (χ1) is 7.60. The third-order valence-corrected chi connectivity index (χ3v) is 2.31. The summed E-state index contributed by atoms with van der Waals surface area (Å²) in [6.45, 7) is 1.93. The minimum absolute atomic E-state index is 0.0922. The molecular weight excluding hydrogens is 212 g/mol. The van der Waals surface area contributed by atoms with Crippen LogP contribution in [-0.4, -0.2) is 47.9 Å². The number of amides is 1. The summed E-state index contributed by atoms with van der Waals surface area (Å²) < 4.78 is 9.76. The van der Waals surface area contributed by atoms with E-state index in [1.807, 2.05) is 0 Å². The van der Waals surface area contributed by atoms with Crippen molar-refractivity contribution in [2.75, 3.05) is 20.8 Å². The highest BCUT2D eigenvalue weighted by Gasteiger charge is 2.20. The molecule has 0 aliphatic rings. The second kappa shape index (κ2) is 5.62. The van der Waals surface area contributed by atoms with Crippen LogP contribution in [0.5, 0.6) is 0 Å². The molecule has 0 fully saturated rings. The molecule has 16 heavy (non-hydrogen) atoms.